The summed E-state index contributed by atoms with van der Waals surface area (Å²) < 4.78 is 25.3. The van der Waals surface area contributed by atoms with Gasteiger partial charge in [0, 0.05) is 13.1 Å². The number of rotatable bonds is 5. The minimum absolute atomic E-state index is 0.0551. The number of hydrogen-bond donors (Lipinski definition) is 1. The van der Waals surface area contributed by atoms with Crippen LogP contribution in [0.3, 0.4) is 0 Å². The molecule has 0 radical (unpaired) electrons. The van der Waals surface area contributed by atoms with Gasteiger partial charge in [0.2, 0.25) is 0 Å². The van der Waals surface area contributed by atoms with E-state index >= 15 is 0 Å². The number of sulfonamides is 1. The van der Waals surface area contributed by atoms with E-state index in [0.717, 1.165) is 0 Å². The van der Waals surface area contributed by atoms with E-state index in [-0.39, 0.29) is 17.5 Å². The highest BCUT2D eigenvalue weighted by Crippen LogP contribution is 2.13. The first kappa shape index (κ1) is 12.7. The summed E-state index contributed by atoms with van der Waals surface area (Å²) in [7, 11) is -3.55. The summed E-state index contributed by atoms with van der Waals surface area (Å²) in [5.74, 6) is -0.336. The molecule has 16 heavy (non-hydrogen) atoms. The van der Waals surface area contributed by atoms with Crippen LogP contribution in [0.4, 0.5) is 0 Å². The molecule has 0 fully saturated rings. The highest BCUT2D eigenvalue weighted by Gasteiger charge is 2.25. The number of H-pyrrole nitrogens is 1. The van der Waals surface area contributed by atoms with E-state index in [2.05, 4.69) is 9.97 Å². The topological polar surface area (TPSA) is 89.8 Å². The molecule has 0 aliphatic heterocycles. The third-order valence-corrected chi connectivity index (χ3v) is 4.01. The first-order chi connectivity index (χ1) is 7.52. The number of nitriles is 1. The lowest BCUT2D eigenvalue weighted by molar-refractivity contribution is 0.398. The molecule has 7 heteroatoms. The summed E-state index contributed by atoms with van der Waals surface area (Å²) in [6.45, 7) is 3.94. The van der Waals surface area contributed by atoms with Gasteiger partial charge in [-0.3, -0.25) is 0 Å². The van der Waals surface area contributed by atoms with Crippen molar-refractivity contribution in [3.63, 3.8) is 0 Å². The monoisotopic (exact) mass is 242 g/mol. The maximum atomic E-state index is 12.0. The Morgan fingerprint density at radius 1 is 1.69 bits per heavy atom. The largest absolute Gasteiger partial charge is 0.335 e. The van der Waals surface area contributed by atoms with Crippen molar-refractivity contribution in [1.29, 1.82) is 5.26 Å². The number of aromatic nitrogens is 2. The second-order valence-corrected chi connectivity index (χ2v) is 5.31. The Morgan fingerprint density at radius 3 is 2.81 bits per heavy atom. The Kier molecular flexibility index (Phi) is 4.04. The first-order valence-corrected chi connectivity index (χ1v) is 6.34. The van der Waals surface area contributed by atoms with Gasteiger partial charge in [-0.2, -0.15) is 9.57 Å². The van der Waals surface area contributed by atoms with Crippen LogP contribution in [-0.2, 0) is 10.0 Å². The maximum Gasteiger partial charge on any atom is 0.260 e. The molecule has 6 nitrogen and oxygen atoms in total. The third kappa shape index (κ3) is 2.59. The summed E-state index contributed by atoms with van der Waals surface area (Å²) in [5.41, 5.74) is 0. The van der Waals surface area contributed by atoms with Gasteiger partial charge in [0.05, 0.1) is 24.5 Å². The van der Waals surface area contributed by atoms with Gasteiger partial charge in [0.15, 0.2) is 5.03 Å². The van der Waals surface area contributed by atoms with Gasteiger partial charge in [0.1, 0.15) is 0 Å². The first-order valence-electron chi connectivity index (χ1n) is 4.90. The summed E-state index contributed by atoms with van der Waals surface area (Å²) in [5, 5.41) is 8.74. The van der Waals surface area contributed by atoms with Crippen LogP contribution in [-0.4, -0.2) is 35.8 Å². The van der Waals surface area contributed by atoms with Crippen LogP contribution in [0.15, 0.2) is 17.6 Å². The Balaban J connectivity index is 2.93. The molecular weight excluding hydrogens is 228 g/mol. The zero-order valence-electron chi connectivity index (χ0n) is 9.21. The van der Waals surface area contributed by atoms with Gasteiger partial charge in [-0.05, 0) is 6.92 Å². The minimum atomic E-state index is -3.55. The molecule has 0 aromatic carbocycles. The number of nitrogens with one attached hydrogen (secondary N) is 1. The zero-order chi connectivity index (χ0) is 12.2. The molecule has 1 aromatic rings. The number of hydrogen-bond acceptors (Lipinski definition) is 4. The maximum absolute atomic E-state index is 12.0. The van der Waals surface area contributed by atoms with E-state index < -0.39 is 10.0 Å². The van der Waals surface area contributed by atoms with Crippen molar-refractivity contribution in [3.05, 3.63) is 12.5 Å². The van der Waals surface area contributed by atoms with Gasteiger partial charge in [-0.1, -0.05) is 6.92 Å². The molecule has 1 atom stereocenters. The molecule has 88 valence electrons. The van der Waals surface area contributed by atoms with Crippen LogP contribution in [0.5, 0.6) is 0 Å². The van der Waals surface area contributed by atoms with Crippen molar-refractivity contribution < 1.29 is 8.42 Å². The van der Waals surface area contributed by atoms with E-state index in [1.165, 1.54) is 16.8 Å². The predicted molar refractivity (Wildman–Crippen MR) is 57.8 cm³/mol. The average molecular weight is 242 g/mol. The lowest BCUT2D eigenvalue weighted by Crippen LogP contribution is -2.34. The van der Waals surface area contributed by atoms with Crippen LogP contribution < -0.4 is 0 Å². The highest BCUT2D eigenvalue weighted by atomic mass is 32.2. The van der Waals surface area contributed by atoms with Crippen molar-refractivity contribution in [2.75, 3.05) is 13.1 Å². The van der Waals surface area contributed by atoms with E-state index in [4.69, 9.17) is 5.26 Å². The van der Waals surface area contributed by atoms with Crippen LogP contribution in [0.2, 0.25) is 0 Å². The Bertz CT molecular complexity index is 460. The predicted octanol–water partition coefficient (Wildman–Crippen LogP) is 0.580. The fraction of sp³-hybridized carbons (Fsp3) is 0.556. The van der Waals surface area contributed by atoms with Crippen LogP contribution in [0, 0.1) is 17.2 Å². The Labute approximate surface area is 95.0 Å². The summed E-state index contributed by atoms with van der Waals surface area (Å²) in [4.78, 5) is 6.24. The fourth-order valence-corrected chi connectivity index (χ4v) is 2.70. The highest BCUT2D eigenvalue weighted by molar-refractivity contribution is 7.89. The van der Waals surface area contributed by atoms with Gasteiger partial charge in [-0.25, -0.2) is 13.4 Å². The second-order valence-electron chi connectivity index (χ2n) is 3.40. The lowest BCUT2D eigenvalue weighted by atomic mass is 10.2. The van der Waals surface area contributed by atoms with E-state index in [1.54, 1.807) is 13.8 Å². The molecule has 0 saturated carbocycles. The van der Waals surface area contributed by atoms with Crippen molar-refractivity contribution in [2.24, 2.45) is 5.92 Å². The molecular formula is C9H14N4O2S. The standard InChI is InChI=1S/C9H14N4O2S/c1-3-13(6-8(2)4-10)16(14,15)9-5-11-7-12-9/h5,7-8H,3,6H2,1-2H3,(H,11,12). The average Bonchev–Trinajstić information content (AvgIpc) is 2.78. The minimum Gasteiger partial charge on any atom is -0.335 e. The normalized spacial score (nSPS) is 13.6. The molecule has 0 amide bonds. The smallest absolute Gasteiger partial charge is 0.260 e. The van der Waals surface area contributed by atoms with E-state index in [9.17, 15) is 8.42 Å². The Morgan fingerprint density at radius 2 is 2.38 bits per heavy atom. The molecule has 1 unspecified atom stereocenters. The molecule has 0 aliphatic rings. The second kappa shape index (κ2) is 5.09. The summed E-state index contributed by atoms with van der Waals surface area (Å²) in [6.07, 6.45) is 2.57. The SMILES string of the molecule is CCN(CC(C)C#N)S(=O)(=O)c1cnc[nH]1. The molecule has 1 N–H and O–H groups in total. The zero-order valence-corrected chi connectivity index (χ0v) is 10.0. The molecule has 0 spiro atoms. The molecule has 1 aromatic heterocycles. The summed E-state index contributed by atoms with van der Waals surface area (Å²) in [6, 6.07) is 2.02. The quantitative estimate of drug-likeness (QED) is 0.817. The lowest BCUT2D eigenvalue weighted by Gasteiger charge is -2.20. The molecule has 0 bridgehead atoms. The number of aromatic amines is 1. The molecule has 1 heterocycles. The third-order valence-electron chi connectivity index (χ3n) is 2.14. The number of nitrogens with zero attached hydrogens (tertiary/aromatic N) is 3. The van der Waals surface area contributed by atoms with Crippen molar-refractivity contribution >= 4 is 10.0 Å². The van der Waals surface area contributed by atoms with Gasteiger partial charge >= 0.3 is 0 Å². The van der Waals surface area contributed by atoms with Gasteiger partial charge in [-0.15, -0.1) is 0 Å². The van der Waals surface area contributed by atoms with E-state index in [1.807, 2.05) is 6.07 Å². The van der Waals surface area contributed by atoms with E-state index in [0.29, 0.717) is 6.54 Å². The Hall–Kier alpha value is -1.39. The number of imidazole rings is 1. The summed E-state index contributed by atoms with van der Waals surface area (Å²) >= 11 is 0. The van der Waals surface area contributed by atoms with Crippen LogP contribution >= 0.6 is 0 Å². The molecule has 0 aliphatic carbocycles. The van der Waals surface area contributed by atoms with Crippen molar-refractivity contribution in [1.82, 2.24) is 14.3 Å². The van der Waals surface area contributed by atoms with Gasteiger partial charge < -0.3 is 4.98 Å². The van der Waals surface area contributed by atoms with Crippen molar-refractivity contribution in [2.45, 2.75) is 18.9 Å². The van der Waals surface area contributed by atoms with Crippen LogP contribution in [0.1, 0.15) is 13.8 Å². The molecule has 1 rings (SSSR count). The fourth-order valence-electron chi connectivity index (χ4n) is 1.27. The molecule has 0 saturated heterocycles. The van der Waals surface area contributed by atoms with Crippen LogP contribution in [0.25, 0.3) is 0 Å². The van der Waals surface area contributed by atoms with Crippen molar-refractivity contribution in [3.8, 4) is 6.07 Å². The van der Waals surface area contributed by atoms with Gasteiger partial charge in [0.25, 0.3) is 10.0 Å².